The molecule has 0 aliphatic carbocycles. The van der Waals surface area contributed by atoms with Crippen LogP contribution in [0.1, 0.15) is 49.8 Å². The van der Waals surface area contributed by atoms with E-state index in [0.717, 1.165) is 42.4 Å². The van der Waals surface area contributed by atoms with Crippen LogP contribution in [0.5, 0.6) is 0 Å². The van der Waals surface area contributed by atoms with E-state index in [1.54, 1.807) is 0 Å². The molecule has 0 saturated carbocycles. The van der Waals surface area contributed by atoms with Crippen LogP contribution in [0, 0.1) is 6.92 Å². The highest BCUT2D eigenvalue weighted by molar-refractivity contribution is 5.45. The minimum absolute atomic E-state index is 0.264. The van der Waals surface area contributed by atoms with E-state index in [2.05, 4.69) is 31.9 Å². The van der Waals surface area contributed by atoms with Crippen molar-refractivity contribution in [2.75, 3.05) is 18.5 Å². The van der Waals surface area contributed by atoms with Crippen LogP contribution in [0.25, 0.3) is 0 Å². The first-order chi connectivity index (χ1) is 10.0. The van der Waals surface area contributed by atoms with E-state index >= 15 is 0 Å². The topological polar surface area (TPSA) is 67.9 Å². The first-order valence-electron chi connectivity index (χ1n) is 7.37. The standard InChI is InChI=1S/C15H23N5O/c1-6-12-9-16-11(4)17-14(12)20(5)8-7-13-18-15(10(2)3)21-19-13/h9-10H,6-8H2,1-5H3. The molecule has 0 bridgehead atoms. The molecule has 0 aliphatic rings. The monoisotopic (exact) mass is 289 g/mol. The summed E-state index contributed by atoms with van der Waals surface area (Å²) in [6.45, 7) is 8.89. The molecule has 2 rings (SSSR count). The number of aryl methyl sites for hydroxylation is 2. The maximum Gasteiger partial charge on any atom is 0.229 e. The van der Waals surface area contributed by atoms with Crippen molar-refractivity contribution >= 4 is 5.82 Å². The molecule has 0 aliphatic heterocycles. The molecule has 2 heterocycles. The Hall–Kier alpha value is -1.98. The minimum atomic E-state index is 0.264. The predicted octanol–water partition coefficient (Wildman–Crippen LogP) is 2.53. The summed E-state index contributed by atoms with van der Waals surface area (Å²) in [6, 6.07) is 0. The van der Waals surface area contributed by atoms with Crippen molar-refractivity contribution < 1.29 is 4.52 Å². The van der Waals surface area contributed by atoms with Gasteiger partial charge in [0.1, 0.15) is 11.6 Å². The van der Waals surface area contributed by atoms with E-state index in [9.17, 15) is 0 Å². The molecule has 6 heteroatoms. The fourth-order valence-corrected chi connectivity index (χ4v) is 2.04. The lowest BCUT2D eigenvalue weighted by molar-refractivity contribution is 0.360. The van der Waals surface area contributed by atoms with Crippen molar-refractivity contribution in [1.29, 1.82) is 0 Å². The Kier molecular flexibility index (Phi) is 4.88. The van der Waals surface area contributed by atoms with Gasteiger partial charge in [0.25, 0.3) is 0 Å². The quantitative estimate of drug-likeness (QED) is 0.814. The van der Waals surface area contributed by atoms with Crippen LogP contribution in [0.3, 0.4) is 0 Å². The number of hydrogen-bond acceptors (Lipinski definition) is 6. The van der Waals surface area contributed by atoms with Gasteiger partial charge in [0.05, 0.1) is 0 Å². The minimum Gasteiger partial charge on any atom is -0.359 e. The van der Waals surface area contributed by atoms with Gasteiger partial charge in [0.2, 0.25) is 5.89 Å². The maximum absolute atomic E-state index is 5.22. The van der Waals surface area contributed by atoms with E-state index < -0.39 is 0 Å². The van der Waals surface area contributed by atoms with E-state index in [-0.39, 0.29) is 5.92 Å². The number of anilines is 1. The van der Waals surface area contributed by atoms with Crippen LogP contribution < -0.4 is 4.90 Å². The predicted molar refractivity (Wildman–Crippen MR) is 81.5 cm³/mol. The third kappa shape index (κ3) is 3.77. The molecule has 21 heavy (non-hydrogen) atoms. The van der Waals surface area contributed by atoms with Gasteiger partial charge in [-0.15, -0.1) is 0 Å². The van der Waals surface area contributed by atoms with Gasteiger partial charge in [-0.05, 0) is 13.3 Å². The average molecular weight is 289 g/mol. The summed E-state index contributed by atoms with van der Waals surface area (Å²) in [6.07, 6.45) is 3.55. The molecule has 0 saturated heterocycles. The van der Waals surface area contributed by atoms with Crippen LogP contribution in [0.4, 0.5) is 5.82 Å². The van der Waals surface area contributed by atoms with E-state index in [1.807, 2.05) is 34.0 Å². The van der Waals surface area contributed by atoms with Gasteiger partial charge in [-0.3, -0.25) is 0 Å². The van der Waals surface area contributed by atoms with Crippen molar-refractivity contribution in [2.24, 2.45) is 0 Å². The van der Waals surface area contributed by atoms with Crippen molar-refractivity contribution in [2.45, 2.75) is 46.5 Å². The Morgan fingerprint density at radius 2 is 2.05 bits per heavy atom. The molecule has 0 unspecified atom stereocenters. The Balaban J connectivity index is 2.04. The molecule has 6 nitrogen and oxygen atoms in total. The Bertz CT molecular complexity index is 593. The molecule has 0 spiro atoms. The molecule has 0 N–H and O–H groups in total. The molecule has 114 valence electrons. The van der Waals surface area contributed by atoms with Gasteiger partial charge in [-0.25, -0.2) is 9.97 Å². The van der Waals surface area contributed by atoms with Gasteiger partial charge in [0, 0.05) is 37.7 Å². The SMILES string of the molecule is CCc1cnc(C)nc1N(C)CCc1noc(C(C)C)n1. The zero-order valence-electron chi connectivity index (χ0n) is 13.4. The second-order valence-electron chi connectivity index (χ2n) is 5.49. The molecule has 0 aromatic carbocycles. The molecule has 2 aromatic rings. The average Bonchev–Trinajstić information content (AvgIpc) is 2.94. The lowest BCUT2D eigenvalue weighted by Crippen LogP contribution is -2.23. The zero-order chi connectivity index (χ0) is 15.4. The normalized spacial score (nSPS) is 11.1. The zero-order valence-corrected chi connectivity index (χ0v) is 13.4. The maximum atomic E-state index is 5.22. The van der Waals surface area contributed by atoms with E-state index in [0.29, 0.717) is 5.89 Å². The Labute approximate surface area is 125 Å². The molecule has 2 aromatic heterocycles. The van der Waals surface area contributed by atoms with Gasteiger partial charge in [0.15, 0.2) is 5.82 Å². The van der Waals surface area contributed by atoms with E-state index in [1.165, 1.54) is 0 Å². The first-order valence-corrected chi connectivity index (χ1v) is 7.37. The summed E-state index contributed by atoms with van der Waals surface area (Å²) >= 11 is 0. The number of nitrogens with zero attached hydrogens (tertiary/aromatic N) is 5. The van der Waals surface area contributed by atoms with Gasteiger partial charge in [-0.2, -0.15) is 4.98 Å². The number of likely N-dealkylation sites (N-methyl/N-ethyl adjacent to an activating group) is 1. The highest BCUT2D eigenvalue weighted by Gasteiger charge is 2.13. The summed E-state index contributed by atoms with van der Waals surface area (Å²) in [4.78, 5) is 15.3. The fourth-order valence-electron chi connectivity index (χ4n) is 2.04. The smallest absolute Gasteiger partial charge is 0.229 e. The summed E-state index contributed by atoms with van der Waals surface area (Å²) in [5.41, 5.74) is 1.15. The number of hydrogen-bond donors (Lipinski definition) is 0. The van der Waals surface area contributed by atoms with Gasteiger partial charge in [-0.1, -0.05) is 25.9 Å². The van der Waals surface area contributed by atoms with Crippen molar-refractivity contribution in [3.8, 4) is 0 Å². The van der Waals surface area contributed by atoms with Crippen molar-refractivity contribution in [3.63, 3.8) is 0 Å². The molecule has 0 radical (unpaired) electrons. The summed E-state index contributed by atoms with van der Waals surface area (Å²) in [5.74, 6) is 3.47. The first kappa shape index (κ1) is 15.4. The third-order valence-corrected chi connectivity index (χ3v) is 3.35. The van der Waals surface area contributed by atoms with Crippen molar-refractivity contribution in [1.82, 2.24) is 20.1 Å². The summed E-state index contributed by atoms with van der Waals surface area (Å²) in [7, 11) is 2.03. The van der Waals surface area contributed by atoms with Gasteiger partial charge >= 0.3 is 0 Å². The molecule has 0 fully saturated rings. The lowest BCUT2D eigenvalue weighted by atomic mass is 10.2. The van der Waals surface area contributed by atoms with E-state index in [4.69, 9.17) is 4.52 Å². The molecular formula is C15H23N5O. The van der Waals surface area contributed by atoms with Crippen LogP contribution in [0.15, 0.2) is 10.7 Å². The largest absolute Gasteiger partial charge is 0.359 e. The third-order valence-electron chi connectivity index (χ3n) is 3.35. The number of aromatic nitrogens is 4. The van der Waals surface area contributed by atoms with Crippen LogP contribution in [0.2, 0.25) is 0 Å². The van der Waals surface area contributed by atoms with Crippen LogP contribution in [-0.4, -0.2) is 33.7 Å². The molecule has 0 amide bonds. The van der Waals surface area contributed by atoms with Crippen LogP contribution >= 0.6 is 0 Å². The molecule has 0 atom stereocenters. The Morgan fingerprint density at radius 1 is 1.29 bits per heavy atom. The van der Waals surface area contributed by atoms with Crippen molar-refractivity contribution in [3.05, 3.63) is 29.3 Å². The fraction of sp³-hybridized carbons (Fsp3) is 0.600. The highest BCUT2D eigenvalue weighted by Crippen LogP contribution is 2.17. The second kappa shape index (κ2) is 6.65. The second-order valence-corrected chi connectivity index (χ2v) is 5.49. The van der Waals surface area contributed by atoms with Crippen LogP contribution in [-0.2, 0) is 12.8 Å². The summed E-state index contributed by atoms with van der Waals surface area (Å²) in [5, 5.41) is 4.02. The molecular weight excluding hydrogens is 266 g/mol. The highest BCUT2D eigenvalue weighted by atomic mass is 16.5. The number of rotatable bonds is 6. The lowest BCUT2D eigenvalue weighted by Gasteiger charge is -2.20. The van der Waals surface area contributed by atoms with Gasteiger partial charge < -0.3 is 9.42 Å². The summed E-state index contributed by atoms with van der Waals surface area (Å²) < 4.78 is 5.22. The Morgan fingerprint density at radius 3 is 2.67 bits per heavy atom.